The van der Waals surface area contributed by atoms with Crippen LogP contribution in [0.15, 0.2) is 24.3 Å². The molecule has 1 N–H and O–H groups in total. The molecule has 0 unspecified atom stereocenters. The van der Waals surface area contributed by atoms with Gasteiger partial charge < -0.3 is 10.1 Å². The number of hydrogen-bond donors (Lipinski definition) is 1. The monoisotopic (exact) mass is 303 g/mol. The highest BCUT2D eigenvalue weighted by Crippen LogP contribution is 2.19. The molecule has 1 aliphatic carbocycles. The second-order valence-corrected chi connectivity index (χ2v) is 7.29. The molecule has 1 aliphatic rings. The molecule has 1 amide bonds. The highest BCUT2D eigenvalue weighted by Gasteiger charge is 2.15. The Morgan fingerprint density at radius 1 is 1.09 bits per heavy atom. The van der Waals surface area contributed by atoms with Crippen LogP contribution in [0.3, 0.4) is 0 Å². The lowest BCUT2D eigenvalue weighted by atomic mass is 10.1. The summed E-state index contributed by atoms with van der Waals surface area (Å²) in [5.74, 6) is 0.983. The first-order valence-electron chi connectivity index (χ1n) is 8.50. The van der Waals surface area contributed by atoms with Crippen molar-refractivity contribution in [3.8, 4) is 5.75 Å². The van der Waals surface area contributed by atoms with Gasteiger partial charge in [-0.25, -0.2) is 0 Å². The Balaban J connectivity index is 1.83. The molecule has 1 saturated carbocycles. The molecule has 0 bridgehead atoms. The molecule has 0 atom stereocenters. The van der Waals surface area contributed by atoms with Crippen molar-refractivity contribution in [3.63, 3.8) is 0 Å². The fraction of sp³-hybridized carbons (Fsp3) is 0.632. The van der Waals surface area contributed by atoms with Crippen LogP contribution in [0, 0.1) is 0 Å². The fourth-order valence-corrected chi connectivity index (χ4v) is 2.92. The third kappa shape index (κ3) is 6.08. The molecule has 0 saturated heterocycles. The summed E-state index contributed by atoms with van der Waals surface area (Å²) in [5, 5.41) is 3.19. The number of ether oxygens (including phenoxy) is 1. The minimum atomic E-state index is -0.196. The largest absolute Gasteiger partial charge is 0.488 e. The summed E-state index contributed by atoms with van der Waals surface area (Å²) in [6, 6.07) is 8.22. The van der Waals surface area contributed by atoms with E-state index in [1.807, 2.05) is 45.0 Å². The van der Waals surface area contributed by atoms with E-state index in [1.54, 1.807) is 0 Å². The standard InChI is InChI=1S/C19H29NO2/c1-19(2,3)22-17-12-10-15(11-13-17)14-18(21)20-16-8-6-4-5-7-9-16/h10-13,16H,4-9,14H2,1-3H3,(H,20,21). The number of carbonyl (C=O) groups excluding carboxylic acids is 1. The third-order valence-electron chi connectivity index (χ3n) is 3.93. The molecule has 0 radical (unpaired) electrons. The van der Waals surface area contributed by atoms with Crippen molar-refractivity contribution < 1.29 is 9.53 Å². The Morgan fingerprint density at radius 2 is 1.68 bits per heavy atom. The summed E-state index contributed by atoms with van der Waals surface area (Å²) < 4.78 is 5.80. The van der Waals surface area contributed by atoms with Gasteiger partial charge in [0.15, 0.2) is 0 Å². The van der Waals surface area contributed by atoms with E-state index in [0.717, 1.165) is 24.2 Å². The fourth-order valence-electron chi connectivity index (χ4n) is 2.92. The summed E-state index contributed by atoms with van der Waals surface area (Å²) >= 11 is 0. The Morgan fingerprint density at radius 3 is 2.23 bits per heavy atom. The van der Waals surface area contributed by atoms with Crippen LogP contribution in [0.2, 0.25) is 0 Å². The maximum atomic E-state index is 12.2. The van der Waals surface area contributed by atoms with Gasteiger partial charge in [-0.3, -0.25) is 4.79 Å². The van der Waals surface area contributed by atoms with Gasteiger partial charge in [-0.05, 0) is 51.3 Å². The predicted octanol–water partition coefficient (Wildman–Crippen LogP) is 4.25. The van der Waals surface area contributed by atoms with Crippen LogP contribution in [-0.4, -0.2) is 17.6 Å². The van der Waals surface area contributed by atoms with Crippen molar-refractivity contribution in [1.29, 1.82) is 0 Å². The minimum Gasteiger partial charge on any atom is -0.488 e. The van der Waals surface area contributed by atoms with E-state index in [4.69, 9.17) is 4.74 Å². The SMILES string of the molecule is CC(C)(C)Oc1ccc(CC(=O)NC2CCCCCC2)cc1. The zero-order valence-electron chi connectivity index (χ0n) is 14.2. The van der Waals surface area contributed by atoms with E-state index in [1.165, 1.54) is 25.7 Å². The lowest BCUT2D eigenvalue weighted by Crippen LogP contribution is -2.35. The summed E-state index contributed by atoms with van der Waals surface area (Å²) in [6.07, 6.45) is 7.80. The maximum Gasteiger partial charge on any atom is 0.224 e. The molecule has 1 aromatic carbocycles. The molecule has 3 nitrogen and oxygen atoms in total. The van der Waals surface area contributed by atoms with Crippen LogP contribution in [0.5, 0.6) is 5.75 Å². The van der Waals surface area contributed by atoms with E-state index < -0.39 is 0 Å². The van der Waals surface area contributed by atoms with Crippen LogP contribution in [0.1, 0.15) is 64.9 Å². The summed E-state index contributed by atoms with van der Waals surface area (Å²) in [4.78, 5) is 12.2. The quantitative estimate of drug-likeness (QED) is 0.845. The topological polar surface area (TPSA) is 38.3 Å². The van der Waals surface area contributed by atoms with Crippen molar-refractivity contribution in [2.75, 3.05) is 0 Å². The second kappa shape index (κ2) is 7.66. The van der Waals surface area contributed by atoms with Gasteiger partial charge >= 0.3 is 0 Å². The van der Waals surface area contributed by atoms with Gasteiger partial charge in [-0.1, -0.05) is 37.8 Å². The first-order chi connectivity index (χ1) is 10.4. The molecule has 0 heterocycles. The van der Waals surface area contributed by atoms with E-state index >= 15 is 0 Å². The van der Waals surface area contributed by atoms with Crippen molar-refractivity contribution in [1.82, 2.24) is 5.32 Å². The van der Waals surface area contributed by atoms with Gasteiger partial charge in [0.1, 0.15) is 11.4 Å². The lowest BCUT2D eigenvalue weighted by molar-refractivity contribution is -0.121. The van der Waals surface area contributed by atoms with Gasteiger partial charge in [-0.2, -0.15) is 0 Å². The van der Waals surface area contributed by atoms with Crippen molar-refractivity contribution in [3.05, 3.63) is 29.8 Å². The molecule has 0 spiro atoms. The van der Waals surface area contributed by atoms with E-state index in [2.05, 4.69) is 5.32 Å². The number of amides is 1. The Hall–Kier alpha value is -1.51. The van der Waals surface area contributed by atoms with Gasteiger partial charge in [-0.15, -0.1) is 0 Å². The Kier molecular flexibility index (Phi) is 5.87. The maximum absolute atomic E-state index is 12.2. The Bertz CT molecular complexity index is 465. The van der Waals surface area contributed by atoms with Crippen LogP contribution in [0.25, 0.3) is 0 Å². The smallest absolute Gasteiger partial charge is 0.224 e. The minimum absolute atomic E-state index is 0.136. The molecule has 0 aliphatic heterocycles. The van der Waals surface area contributed by atoms with Gasteiger partial charge in [0, 0.05) is 6.04 Å². The number of nitrogens with one attached hydrogen (secondary N) is 1. The van der Waals surface area contributed by atoms with Crippen LogP contribution < -0.4 is 10.1 Å². The van der Waals surface area contributed by atoms with E-state index in [9.17, 15) is 4.79 Å². The molecule has 122 valence electrons. The molecule has 3 heteroatoms. The number of rotatable bonds is 4. The highest BCUT2D eigenvalue weighted by atomic mass is 16.5. The summed E-state index contributed by atoms with van der Waals surface area (Å²) in [6.45, 7) is 6.09. The first kappa shape index (κ1) is 16.9. The summed E-state index contributed by atoms with van der Waals surface area (Å²) in [5.41, 5.74) is 0.839. The molecular weight excluding hydrogens is 274 g/mol. The highest BCUT2D eigenvalue weighted by molar-refractivity contribution is 5.78. The van der Waals surface area contributed by atoms with Gasteiger partial charge in [0.05, 0.1) is 6.42 Å². The molecule has 1 fully saturated rings. The number of benzene rings is 1. The average molecular weight is 303 g/mol. The first-order valence-corrected chi connectivity index (χ1v) is 8.50. The van der Waals surface area contributed by atoms with E-state index in [0.29, 0.717) is 12.5 Å². The second-order valence-electron chi connectivity index (χ2n) is 7.29. The van der Waals surface area contributed by atoms with Crippen molar-refractivity contribution >= 4 is 5.91 Å². The normalized spacial score (nSPS) is 16.9. The zero-order valence-corrected chi connectivity index (χ0v) is 14.2. The number of hydrogen-bond acceptors (Lipinski definition) is 2. The molecule has 2 rings (SSSR count). The van der Waals surface area contributed by atoms with Crippen LogP contribution in [-0.2, 0) is 11.2 Å². The summed E-state index contributed by atoms with van der Waals surface area (Å²) in [7, 11) is 0. The average Bonchev–Trinajstić information content (AvgIpc) is 2.68. The van der Waals surface area contributed by atoms with E-state index in [-0.39, 0.29) is 11.5 Å². The van der Waals surface area contributed by atoms with Crippen molar-refractivity contribution in [2.24, 2.45) is 0 Å². The molecule has 22 heavy (non-hydrogen) atoms. The predicted molar refractivity (Wildman–Crippen MR) is 90.2 cm³/mol. The van der Waals surface area contributed by atoms with Crippen molar-refractivity contribution in [2.45, 2.75) is 77.4 Å². The van der Waals surface area contributed by atoms with Crippen LogP contribution in [0.4, 0.5) is 0 Å². The zero-order chi connectivity index (χ0) is 16.0. The lowest BCUT2D eigenvalue weighted by Gasteiger charge is -2.21. The van der Waals surface area contributed by atoms with Crippen LogP contribution >= 0.6 is 0 Å². The molecule has 0 aromatic heterocycles. The third-order valence-corrected chi connectivity index (χ3v) is 3.93. The van der Waals surface area contributed by atoms with Gasteiger partial charge in [0.25, 0.3) is 0 Å². The molecular formula is C19H29NO2. The molecule has 1 aromatic rings. The Labute approximate surface area is 134 Å². The van der Waals surface area contributed by atoms with Gasteiger partial charge in [0.2, 0.25) is 5.91 Å². The number of carbonyl (C=O) groups is 1.